The quantitative estimate of drug-likeness (QED) is 0.374. The summed E-state index contributed by atoms with van der Waals surface area (Å²) < 4.78 is 49.2. The van der Waals surface area contributed by atoms with Crippen molar-refractivity contribution in [3.05, 3.63) is 88.7 Å². The average molecular weight is 476 g/mol. The first-order chi connectivity index (χ1) is 15.2. The highest BCUT2D eigenvalue weighted by atomic mass is 35.5. The summed E-state index contributed by atoms with van der Waals surface area (Å²) in [4.78, 5) is 12.1. The second kappa shape index (κ2) is 9.84. The molecule has 0 fully saturated rings. The molecule has 1 amide bonds. The third-order valence-corrected chi connectivity index (χ3v) is 5.79. The molecule has 0 spiro atoms. The molecule has 0 aliphatic rings. The molecule has 0 aliphatic heterocycles. The largest absolute Gasteiger partial charge is 0.493 e. The average Bonchev–Trinajstić information content (AvgIpc) is 2.75. The molecule has 0 bridgehead atoms. The van der Waals surface area contributed by atoms with Gasteiger partial charge in [-0.25, -0.2) is 4.39 Å². The summed E-state index contributed by atoms with van der Waals surface area (Å²) in [6, 6.07) is 14.5. The second-order valence-electron chi connectivity index (χ2n) is 6.71. The van der Waals surface area contributed by atoms with Crippen molar-refractivity contribution in [2.45, 2.75) is 11.8 Å². The van der Waals surface area contributed by atoms with E-state index in [1.807, 2.05) is 6.92 Å². The Kier molecular flexibility index (Phi) is 7.17. The van der Waals surface area contributed by atoms with Crippen LogP contribution in [-0.4, -0.2) is 21.4 Å². The Morgan fingerprint density at radius 3 is 2.44 bits per heavy atom. The van der Waals surface area contributed by atoms with E-state index in [2.05, 4.69) is 5.32 Å². The maximum atomic E-state index is 13.7. The number of nitrogens with one attached hydrogen (secondary N) is 1. The lowest BCUT2D eigenvalue weighted by molar-refractivity contribution is -0.111. The highest BCUT2D eigenvalue weighted by Crippen LogP contribution is 2.31. The van der Waals surface area contributed by atoms with Gasteiger partial charge in [0.15, 0.2) is 11.5 Å². The van der Waals surface area contributed by atoms with Crippen LogP contribution in [0.25, 0.3) is 6.08 Å². The Morgan fingerprint density at radius 1 is 1.03 bits per heavy atom. The molecule has 166 valence electrons. The monoisotopic (exact) mass is 475 g/mol. The van der Waals surface area contributed by atoms with E-state index in [1.165, 1.54) is 55.7 Å². The third kappa shape index (κ3) is 5.87. The van der Waals surface area contributed by atoms with Crippen LogP contribution in [0.5, 0.6) is 11.5 Å². The first-order valence-electron chi connectivity index (χ1n) is 9.31. The Hall–Kier alpha value is -3.36. The zero-order valence-electron chi connectivity index (χ0n) is 17.1. The number of hydrogen-bond acceptors (Lipinski definition) is 5. The molecule has 0 aliphatic carbocycles. The third-order valence-electron chi connectivity index (χ3n) is 4.31. The molecular weight excluding hydrogens is 457 g/mol. The zero-order valence-corrected chi connectivity index (χ0v) is 18.7. The molecule has 0 saturated carbocycles. The van der Waals surface area contributed by atoms with Gasteiger partial charge in [0.05, 0.1) is 12.8 Å². The summed E-state index contributed by atoms with van der Waals surface area (Å²) in [5.74, 6) is -1.04. The SMILES string of the molecule is COc1cc(C=CC(=O)Nc2cc(Cl)ccc2F)ccc1OS(=O)(=O)c1ccc(C)cc1. The minimum Gasteiger partial charge on any atom is -0.493 e. The predicted molar refractivity (Wildman–Crippen MR) is 121 cm³/mol. The molecule has 0 aromatic heterocycles. The fraction of sp³-hybridized carbons (Fsp3) is 0.0870. The van der Waals surface area contributed by atoms with Gasteiger partial charge in [-0.1, -0.05) is 35.4 Å². The first kappa shape index (κ1) is 23.3. The molecule has 0 unspecified atom stereocenters. The number of amides is 1. The number of carbonyl (C=O) groups excluding carboxylic acids is 1. The number of carbonyl (C=O) groups is 1. The molecule has 0 saturated heterocycles. The van der Waals surface area contributed by atoms with Gasteiger partial charge in [0, 0.05) is 11.1 Å². The Bertz CT molecular complexity index is 1270. The van der Waals surface area contributed by atoms with E-state index >= 15 is 0 Å². The van der Waals surface area contributed by atoms with E-state index in [0.717, 1.165) is 11.6 Å². The lowest BCUT2D eigenvalue weighted by Crippen LogP contribution is -2.10. The summed E-state index contributed by atoms with van der Waals surface area (Å²) >= 11 is 5.81. The molecule has 0 radical (unpaired) electrons. The van der Waals surface area contributed by atoms with E-state index in [4.69, 9.17) is 20.5 Å². The van der Waals surface area contributed by atoms with Crippen molar-refractivity contribution in [2.24, 2.45) is 0 Å². The molecule has 3 aromatic carbocycles. The van der Waals surface area contributed by atoms with Crippen LogP contribution in [0.2, 0.25) is 5.02 Å². The van der Waals surface area contributed by atoms with Gasteiger partial charge in [-0.3, -0.25) is 4.79 Å². The van der Waals surface area contributed by atoms with Gasteiger partial charge >= 0.3 is 10.1 Å². The van der Waals surface area contributed by atoms with Crippen LogP contribution < -0.4 is 14.2 Å². The van der Waals surface area contributed by atoms with E-state index < -0.39 is 21.8 Å². The molecule has 1 N–H and O–H groups in total. The van der Waals surface area contributed by atoms with Crippen molar-refractivity contribution >= 4 is 39.4 Å². The van der Waals surface area contributed by atoms with Crippen molar-refractivity contribution in [1.29, 1.82) is 0 Å². The van der Waals surface area contributed by atoms with Gasteiger partial charge in [0.1, 0.15) is 10.7 Å². The standard InChI is InChI=1S/C23H19ClFNO5S/c1-15-3-8-18(9-4-15)32(28,29)31-21-11-5-16(13-22(21)30-2)6-12-23(27)26-20-14-17(24)7-10-19(20)25/h3-14H,1-2H3,(H,26,27). The molecule has 0 atom stereocenters. The molecule has 3 rings (SSSR count). The number of anilines is 1. The molecule has 3 aromatic rings. The Labute approximate surface area is 190 Å². The molecular formula is C23H19ClFNO5S. The first-order valence-corrected chi connectivity index (χ1v) is 11.1. The summed E-state index contributed by atoms with van der Waals surface area (Å²) in [5.41, 5.74) is 1.40. The highest BCUT2D eigenvalue weighted by Gasteiger charge is 2.19. The van der Waals surface area contributed by atoms with Crippen LogP contribution in [-0.2, 0) is 14.9 Å². The molecule has 6 nitrogen and oxygen atoms in total. The maximum Gasteiger partial charge on any atom is 0.339 e. The van der Waals surface area contributed by atoms with Crippen molar-refractivity contribution < 1.29 is 26.5 Å². The summed E-state index contributed by atoms with van der Waals surface area (Å²) in [6.45, 7) is 1.85. The second-order valence-corrected chi connectivity index (χ2v) is 8.69. The summed E-state index contributed by atoms with van der Waals surface area (Å²) in [5, 5.41) is 2.68. The number of benzene rings is 3. The van der Waals surface area contributed by atoms with Crippen molar-refractivity contribution in [3.8, 4) is 11.5 Å². The van der Waals surface area contributed by atoms with E-state index in [-0.39, 0.29) is 27.1 Å². The van der Waals surface area contributed by atoms with Crippen molar-refractivity contribution in [3.63, 3.8) is 0 Å². The number of methoxy groups -OCH3 is 1. The van der Waals surface area contributed by atoms with E-state index in [0.29, 0.717) is 5.56 Å². The normalized spacial score (nSPS) is 11.4. The van der Waals surface area contributed by atoms with Gasteiger partial charge in [0.25, 0.3) is 0 Å². The molecule has 9 heteroatoms. The van der Waals surface area contributed by atoms with Crippen LogP contribution in [0, 0.1) is 12.7 Å². The number of aryl methyl sites for hydroxylation is 1. The number of rotatable bonds is 7. The van der Waals surface area contributed by atoms with Crippen LogP contribution >= 0.6 is 11.6 Å². The molecule has 0 heterocycles. The van der Waals surface area contributed by atoms with Gasteiger partial charge in [-0.15, -0.1) is 0 Å². The Morgan fingerprint density at radius 2 is 1.75 bits per heavy atom. The lowest BCUT2D eigenvalue weighted by Gasteiger charge is -2.11. The van der Waals surface area contributed by atoms with Gasteiger partial charge in [-0.2, -0.15) is 8.42 Å². The fourth-order valence-corrected chi connectivity index (χ4v) is 3.78. The van der Waals surface area contributed by atoms with Gasteiger partial charge < -0.3 is 14.2 Å². The van der Waals surface area contributed by atoms with Gasteiger partial charge in [0.2, 0.25) is 5.91 Å². The number of hydrogen-bond donors (Lipinski definition) is 1. The minimum absolute atomic E-state index is 0.00400. The summed E-state index contributed by atoms with van der Waals surface area (Å²) in [7, 11) is -2.69. The van der Waals surface area contributed by atoms with Crippen LogP contribution in [0.3, 0.4) is 0 Å². The van der Waals surface area contributed by atoms with E-state index in [1.54, 1.807) is 18.2 Å². The van der Waals surface area contributed by atoms with Gasteiger partial charge in [-0.05, 0) is 61.0 Å². The van der Waals surface area contributed by atoms with Crippen molar-refractivity contribution in [2.75, 3.05) is 12.4 Å². The van der Waals surface area contributed by atoms with Crippen LogP contribution in [0.4, 0.5) is 10.1 Å². The predicted octanol–water partition coefficient (Wildman–Crippen LogP) is 5.22. The Balaban J connectivity index is 1.75. The van der Waals surface area contributed by atoms with Crippen molar-refractivity contribution in [1.82, 2.24) is 0 Å². The number of halogens is 2. The fourth-order valence-electron chi connectivity index (χ4n) is 2.67. The topological polar surface area (TPSA) is 81.7 Å². The van der Waals surface area contributed by atoms with Crippen LogP contribution in [0.15, 0.2) is 71.6 Å². The number of ether oxygens (including phenoxy) is 1. The van der Waals surface area contributed by atoms with E-state index in [9.17, 15) is 17.6 Å². The highest BCUT2D eigenvalue weighted by molar-refractivity contribution is 7.87. The van der Waals surface area contributed by atoms with Crippen LogP contribution in [0.1, 0.15) is 11.1 Å². The zero-order chi connectivity index (χ0) is 23.3. The lowest BCUT2D eigenvalue weighted by atomic mass is 10.2. The molecule has 32 heavy (non-hydrogen) atoms. The minimum atomic E-state index is -4.05. The maximum absolute atomic E-state index is 13.7. The smallest absolute Gasteiger partial charge is 0.339 e. The summed E-state index contributed by atoms with van der Waals surface area (Å²) in [6.07, 6.45) is 2.65.